The molecule has 9 heteroatoms. The SMILES string of the molecule is CCN(CC)S(=O)(=O)c1ccc(OC)c(C(=O)NCc2ccccc2Cn2cccn2)c1. The molecule has 1 heterocycles. The molecule has 1 N–H and O–H groups in total. The standard InChI is InChI=1S/C23H28N4O4S/c1-4-27(5-2)32(29,30)20-11-12-22(31-3)21(15-20)23(28)24-16-18-9-6-7-10-19(18)17-26-14-8-13-25-26/h6-15H,4-5,16-17H2,1-3H3,(H,24,28). The topological polar surface area (TPSA) is 93.5 Å². The smallest absolute Gasteiger partial charge is 0.255 e. The van der Waals surface area contributed by atoms with Crippen LogP contribution in [-0.4, -0.2) is 48.6 Å². The predicted molar refractivity (Wildman–Crippen MR) is 122 cm³/mol. The summed E-state index contributed by atoms with van der Waals surface area (Å²) in [7, 11) is -2.25. The number of ether oxygens (including phenoxy) is 1. The van der Waals surface area contributed by atoms with Crippen LogP contribution in [0.4, 0.5) is 0 Å². The van der Waals surface area contributed by atoms with Gasteiger partial charge in [-0.15, -0.1) is 0 Å². The molecule has 0 saturated carbocycles. The van der Waals surface area contributed by atoms with Gasteiger partial charge in [0.15, 0.2) is 0 Å². The minimum absolute atomic E-state index is 0.0613. The molecule has 0 saturated heterocycles. The molecule has 32 heavy (non-hydrogen) atoms. The molecule has 0 atom stereocenters. The van der Waals surface area contributed by atoms with Crippen LogP contribution >= 0.6 is 0 Å². The molecule has 1 amide bonds. The molecular formula is C23H28N4O4S. The number of nitrogens with one attached hydrogen (secondary N) is 1. The summed E-state index contributed by atoms with van der Waals surface area (Å²) in [5, 5.41) is 7.12. The van der Waals surface area contributed by atoms with Crippen LogP contribution in [-0.2, 0) is 23.1 Å². The first-order valence-electron chi connectivity index (χ1n) is 10.4. The van der Waals surface area contributed by atoms with Gasteiger partial charge < -0.3 is 10.1 Å². The van der Waals surface area contributed by atoms with Gasteiger partial charge >= 0.3 is 0 Å². The Morgan fingerprint density at radius 1 is 1.09 bits per heavy atom. The van der Waals surface area contributed by atoms with Gasteiger partial charge in [0.2, 0.25) is 10.0 Å². The third-order valence-electron chi connectivity index (χ3n) is 5.21. The Balaban J connectivity index is 1.83. The Morgan fingerprint density at radius 2 is 1.81 bits per heavy atom. The zero-order valence-electron chi connectivity index (χ0n) is 18.5. The van der Waals surface area contributed by atoms with Crippen LogP contribution in [0.3, 0.4) is 0 Å². The molecular weight excluding hydrogens is 428 g/mol. The number of nitrogens with zero attached hydrogens (tertiary/aromatic N) is 3. The summed E-state index contributed by atoms with van der Waals surface area (Å²) < 4.78 is 34.3. The van der Waals surface area contributed by atoms with Crippen molar-refractivity contribution in [2.75, 3.05) is 20.2 Å². The number of aromatic nitrogens is 2. The minimum Gasteiger partial charge on any atom is -0.496 e. The van der Waals surface area contributed by atoms with Gasteiger partial charge in [-0.2, -0.15) is 9.40 Å². The molecule has 1 aromatic heterocycles. The fourth-order valence-electron chi connectivity index (χ4n) is 3.46. The number of sulfonamides is 1. The number of hydrogen-bond donors (Lipinski definition) is 1. The van der Waals surface area contributed by atoms with Gasteiger partial charge in [-0.25, -0.2) is 8.42 Å². The predicted octanol–water partition coefficient (Wildman–Crippen LogP) is 2.90. The van der Waals surface area contributed by atoms with E-state index in [1.165, 1.54) is 29.6 Å². The van der Waals surface area contributed by atoms with E-state index in [0.29, 0.717) is 25.4 Å². The number of carbonyl (C=O) groups is 1. The lowest BCUT2D eigenvalue weighted by molar-refractivity contribution is 0.0947. The van der Waals surface area contributed by atoms with Crippen LogP contribution < -0.4 is 10.1 Å². The highest BCUT2D eigenvalue weighted by molar-refractivity contribution is 7.89. The van der Waals surface area contributed by atoms with Crippen molar-refractivity contribution in [3.63, 3.8) is 0 Å². The Labute approximate surface area is 188 Å². The lowest BCUT2D eigenvalue weighted by Crippen LogP contribution is -2.31. The summed E-state index contributed by atoms with van der Waals surface area (Å²) in [5.41, 5.74) is 2.15. The van der Waals surface area contributed by atoms with Crippen molar-refractivity contribution in [1.29, 1.82) is 0 Å². The number of benzene rings is 2. The van der Waals surface area contributed by atoms with Crippen LogP contribution in [0.25, 0.3) is 0 Å². The average Bonchev–Trinajstić information content (AvgIpc) is 3.31. The van der Waals surface area contributed by atoms with E-state index in [-0.39, 0.29) is 17.0 Å². The lowest BCUT2D eigenvalue weighted by Gasteiger charge is -2.19. The van der Waals surface area contributed by atoms with E-state index >= 15 is 0 Å². The molecule has 0 aliphatic rings. The van der Waals surface area contributed by atoms with E-state index in [2.05, 4.69) is 10.4 Å². The number of hydrogen-bond acceptors (Lipinski definition) is 5. The summed E-state index contributed by atoms with van der Waals surface area (Å²) in [5.74, 6) is -0.0989. The summed E-state index contributed by atoms with van der Waals surface area (Å²) in [6, 6.07) is 14.0. The van der Waals surface area contributed by atoms with E-state index < -0.39 is 15.9 Å². The molecule has 3 aromatic rings. The molecule has 0 radical (unpaired) electrons. The van der Waals surface area contributed by atoms with Crippen LogP contribution in [0.2, 0.25) is 0 Å². The van der Waals surface area contributed by atoms with Gasteiger partial charge in [-0.1, -0.05) is 38.1 Å². The third kappa shape index (κ3) is 5.17. The lowest BCUT2D eigenvalue weighted by atomic mass is 10.1. The van der Waals surface area contributed by atoms with Gasteiger partial charge in [0.05, 0.1) is 24.1 Å². The van der Waals surface area contributed by atoms with Gasteiger partial charge in [-0.3, -0.25) is 9.48 Å². The highest BCUT2D eigenvalue weighted by Crippen LogP contribution is 2.25. The van der Waals surface area contributed by atoms with Gasteiger partial charge in [0.25, 0.3) is 5.91 Å². The molecule has 3 rings (SSSR count). The van der Waals surface area contributed by atoms with Gasteiger partial charge in [0.1, 0.15) is 5.75 Å². The van der Waals surface area contributed by atoms with Crippen LogP contribution in [0, 0.1) is 0 Å². The van der Waals surface area contributed by atoms with Crippen molar-refractivity contribution in [3.05, 3.63) is 77.6 Å². The fraction of sp³-hybridized carbons (Fsp3) is 0.304. The highest BCUT2D eigenvalue weighted by atomic mass is 32.2. The van der Waals surface area contributed by atoms with E-state index in [0.717, 1.165) is 11.1 Å². The molecule has 0 fully saturated rings. The first-order valence-corrected chi connectivity index (χ1v) is 11.8. The quantitative estimate of drug-likeness (QED) is 0.506. The molecule has 0 unspecified atom stereocenters. The van der Waals surface area contributed by atoms with Crippen molar-refractivity contribution in [1.82, 2.24) is 19.4 Å². The second-order valence-corrected chi connectivity index (χ2v) is 9.04. The Morgan fingerprint density at radius 3 is 2.44 bits per heavy atom. The van der Waals surface area contributed by atoms with Gasteiger partial charge in [-0.05, 0) is 35.4 Å². The van der Waals surface area contributed by atoms with Crippen molar-refractivity contribution in [3.8, 4) is 5.75 Å². The second kappa shape index (κ2) is 10.4. The summed E-state index contributed by atoms with van der Waals surface area (Å²) in [6.45, 7) is 5.11. The van der Waals surface area contributed by atoms with Crippen LogP contribution in [0.1, 0.15) is 35.3 Å². The Hall–Kier alpha value is -3.17. The zero-order valence-corrected chi connectivity index (χ0v) is 19.3. The maximum absolute atomic E-state index is 13.0. The number of methoxy groups -OCH3 is 1. The van der Waals surface area contributed by atoms with Crippen LogP contribution in [0.15, 0.2) is 65.8 Å². The summed E-state index contributed by atoms with van der Waals surface area (Å²) >= 11 is 0. The molecule has 0 aliphatic carbocycles. The second-order valence-electron chi connectivity index (χ2n) is 7.11. The normalized spacial score (nSPS) is 11.5. The first-order chi connectivity index (χ1) is 15.4. The largest absolute Gasteiger partial charge is 0.496 e. The van der Waals surface area contributed by atoms with E-state index in [1.807, 2.05) is 41.2 Å². The molecule has 8 nitrogen and oxygen atoms in total. The third-order valence-corrected chi connectivity index (χ3v) is 7.25. The van der Waals surface area contributed by atoms with Crippen molar-refractivity contribution < 1.29 is 17.9 Å². The first kappa shape index (κ1) is 23.5. The van der Waals surface area contributed by atoms with Gasteiger partial charge in [0, 0.05) is 32.0 Å². The molecule has 170 valence electrons. The Bertz CT molecular complexity index is 1160. The number of amides is 1. The number of carbonyl (C=O) groups excluding carboxylic acids is 1. The molecule has 0 spiro atoms. The van der Waals surface area contributed by atoms with E-state index in [1.54, 1.807) is 20.0 Å². The molecule has 2 aromatic carbocycles. The monoisotopic (exact) mass is 456 g/mol. The zero-order chi connectivity index (χ0) is 23.1. The van der Waals surface area contributed by atoms with Crippen molar-refractivity contribution >= 4 is 15.9 Å². The molecule has 0 bridgehead atoms. The fourth-order valence-corrected chi connectivity index (χ4v) is 4.95. The number of rotatable bonds is 10. The van der Waals surface area contributed by atoms with Crippen molar-refractivity contribution in [2.24, 2.45) is 0 Å². The minimum atomic E-state index is -3.70. The average molecular weight is 457 g/mol. The maximum atomic E-state index is 13.0. The highest BCUT2D eigenvalue weighted by Gasteiger charge is 2.24. The Kier molecular flexibility index (Phi) is 7.66. The summed E-state index contributed by atoms with van der Waals surface area (Å²) in [6.07, 6.45) is 3.60. The van der Waals surface area contributed by atoms with E-state index in [9.17, 15) is 13.2 Å². The maximum Gasteiger partial charge on any atom is 0.255 e. The molecule has 0 aliphatic heterocycles. The van der Waals surface area contributed by atoms with E-state index in [4.69, 9.17) is 4.74 Å². The van der Waals surface area contributed by atoms with Crippen molar-refractivity contribution in [2.45, 2.75) is 31.8 Å². The van der Waals surface area contributed by atoms with Crippen LogP contribution in [0.5, 0.6) is 5.75 Å². The summed E-state index contributed by atoms with van der Waals surface area (Å²) in [4.78, 5) is 13.1.